The fraction of sp³-hybridized carbons (Fsp3) is 0.115. The Morgan fingerprint density at radius 2 is 1.64 bits per heavy atom. The number of esters is 1. The molecule has 1 heterocycles. The minimum atomic E-state index is -4.20. The lowest BCUT2D eigenvalue weighted by Crippen LogP contribution is -2.21. The summed E-state index contributed by atoms with van der Waals surface area (Å²) in [6.07, 6.45) is 0. The van der Waals surface area contributed by atoms with Crippen LogP contribution in [0.25, 0.3) is 0 Å². The van der Waals surface area contributed by atoms with Crippen molar-refractivity contribution in [3.8, 4) is 17.6 Å². The Kier molecular flexibility index (Phi) is 6.51. The Hall–Kier alpha value is -4.62. The summed E-state index contributed by atoms with van der Waals surface area (Å²) >= 11 is 0. The molecule has 0 bridgehead atoms. The van der Waals surface area contributed by atoms with Crippen molar-refractivity contribution in [2.75, 3.05) is 7.11 Å². The van der Waals surface area contributed by atoms with Gasteiger partial charge in [0.15, 0.2) is 5.78 Å². The van der Waals surface area contributed by atoms with E-state index in [-0.39, 0.29) is 33.6 Å². The summed E-state index contributed by atoms with van der Waals surface area (Å²) in [6, 6.07) is 18.3. The van der Waals surface area contributed by atoms with Crippen LogP contribution in [-0.2, 0) is 14.9 Å². The monoisotopic (exact) mass is 504 g/mol. The number of hydrogen-bond donors (Lipinski definition) is 1. The lowest BCUT2D eigenvalue weighted by atomic mass is 9.83. The molecule has 0 aliphatic carbocycles. The molecule has 0 spiro atoms. The molecule has 182 valence electrons. The number of nitrogens with zero attached hydrogens (tertiary/aromatic N) is 1. The molecule has 0 radical (unpaired) electrons. The van der Waals surface area contributed by atoms with Crippen molar-refractivity contribution in [1.82, 2.24) is 0 Å². The maximum Gasteiger partial charge on any atom is 0.339 e. The van der Waals surface area contributed by atoms with Gasteiger partial charge in [0.05, 0.1) is 18.6 Å². The van der Waals surface area contributed by atoms with Gasteiger partial charge in [0.25, 0.3) is 0 Å². The van der Waals surface area contributed by atoms with Gasteiger partial charge in [0.2, 0.25) is 5.88 Å². The minimum absolute atomic E-state index is 0.0302. The van der Waals surface area contributed by atoms with Gasteiger partial charge < -0.3 is 19.4 Å². The molecule has 1 unspecified atom stereocenters. The van der Waals surface area contributed by atoms with Crippen LogP contribution in [0.1, 0.15) is 44.7 Å². The molecule has 36 heavy (non-hydrogen) atoms. The first-order chi connectivity index (χ1) is 17.1. The van der Waals surface area contributed by atoms with Crippen molar-refractivity contribution in [1.29, 1.82) is 5.26 Å². The zero-order valence-electron chi connectivity index (χ0n) is 19.2. The number of carbonyl (C=O) groups excluding carboxylic acids is 2. The van der Waals surface area contributed by atoms with E-state index < -0.39 is 22.0 Å². The highest BCUT2D eigenvalue weighted by atomic mass is 32.2. The fourth-order valence-electron chi connectivity index (χ4n) is 3.79. The number of nitriles is 1. The first-order valence-corrected chi connectivity index (χ1v) is 12.0. The topological polar surface area (TPSA) is 146 Å². The van der Waals surface area contributed by atoms with Crippen LogP contribution in [-0.4, -0.2) is 27.3 Å². The van der Waals surface area contributed by atoms with Gasteiger partial charge in [-0.15, -0.1) is 0 Å². The van der Waals surface area contributed by atoms with Crippen LogP contribution in [0, 0.1) is 11.3 Å². The van der Waals surface area contributed by atoms with Gasteiger partial charge in [-0.25, -0.2) is 4.79 Å². The maximum atomic E-state index is 12.7. The molecule has 0 fully saturated rings. The van der Waals surface area contributed by atoms with Crippen molar-refractivity contribution in [3.63, 3.8) is 0 Å². The first kappa shape index (κ1) is 24.5. The zero-order chi connectivity index (χ0) is 26.0. The zero-order valence-corrected chi connectivity index (χ0v) is 20.0. The number of benzene rings is 3. The van der Waals surface area contributed by atoms with Gasteiger partial charge in [-0.1, -0.05) is 30.3 Å². The number of ketones is 1. The van der Waals surface area contributed by atoms with Crippen molar-refractivity contribution < 1.29 is 31.7 Å². The van der Waals surface area contributed by atoms with Crippen molar-refractivity contribution in [3.05, 3.63) is 100 Å². The summed E-state index contributed by atoms with van der Waals surface area (Å²) in [6.45, 7) is 1.38. The van der Waals surface area contributed by atoms with Crippen LogP contribution in [0.5, 0.6) is 11.5 Å². The summed E-state index contributed by atoms with van der Waals surface area (Å²) in [7, 11) is -2.92. The van der Waals surface area contributed by atoms with E-state index in [4.69, 9.17) is 19.4 Å². The molecule has 10 heteroatoms. The minimum Gasteiger partial charge on any atom is -0.465 e. The van der Waals surface area contributed by atoms with Gasteiger partial charge in [-0.3, -0.25) is 4.79 Å². The smallest absolute Gasteiger partial charge is 0.339 e. The molecule has 9 nitrogen and oxygen atoms in total. The molecule has 3 aromatic carbocycles. The van der Waals surface area contributed by atoms with Crippen LogP contribution >= 0.6 is 0 Å². The fourth-order valence-corrected chi connectivity index (χ4v) is 4.71. The largest absolute Gasteiger partial charge is 0.465 e. The van der Waals surface area contributed by atoms with E-state index in [0.717, 1.165) is 0 Å². The Morgan fingerprint density at radius 1 is 1.00 bits per heavy atom. The Bertz CT molecular complexity index is 1530. The van der Waals surface area contributed by atoms with E-state index in [1.54, 1.807) is 30.3 Å². The molecule has 1 aliphatic heterocycles. The number of rotatable bonds is 6. The predicted octanol–water partition coefficient (Wildman–Crippen LogP) is 3.66. The molecule has 3 aromatic rings. The van der Waals surface area contributed by atoms with Gasteiger partial charge in [0, 0.05) is 17.2 Å². The lowest BCUT2D eigenvalue weighted by Gasteiger charge is -2.26. The molecule has 0 aromatic heterocycles. The molecule has 1 atom stereocenters. The van der Waals surface area contributed by atoms with Crippen LogP contribution < -0.4 is 14.7 Å². The van der Waals surface area contributed by atoms with Crippen molar-refractivity contribution in [2.45, 2.75) is 17.7 Å². The summed E-state index contributed by atoms with van der Waals surface area (Å²) in [5, 5.41) is 9.72. The Balaban J connectivity index is 1.68. The second-order valence-corrected chi connectivity index (χ2v) is 9.40. The summed E-state index contributed by atoms with van der Waals surface area (Å²) in [5.74, 6) is -1.25. The predicted molar refractivity (Wildman–Crippen MR) is 128 cm³/mol. The SMILES string of the molecule is COC(=O)c1ccc(C2C(C#N)=C(N)Oc3cc(OS(=O)(=O)c4ccc(C(C)=O)cc4)ccc32)cc1. The third kappa shape index (κ3) is 4.64. The molecule has 0 saturated heterocycles. The van der Waals surface area contributed by atoms with Crippen LogP contribution in [0.15, 0.2) is 83.1 Å². The van der Waals surface area contributed by atoms with Gasteiger partial charge >= 0.3 is 16.1 Å². The van der Waals surface area contributed by atoms with E-state index in [0.29, 0.717) is 22.3 Å². The van der Waals surface area contributed by atoms with Gasteiger partial charge in [-0.2, -0.15) is 13.7 Å². The molecular weight excluding hydrogens is 484 g/mol. The number of Topliss-reactive ketones (excluding diaryl/α,β-unsaturated/α-hetero) is 1. The van der Waals surface area contributed by atoms with E-state index in [1.165, 1.54) is 50.4 Å². The maximum absolute atomic E-state index is 12.7. The number of ether oxygens (including phenoxy) is 2. The lowest BCUT2D eigenvalue weighted by molar-refractivity contribution is 0.0600. The molecular formula is C26H20N2O7S. The van der Waals surface area contributed by atoms with E-state index in [1.807, 2.05) is 0 Å². The number of allylic oxidation sites excluding steroid dienone is 1. The number of methoxy groups -OCH3 is 1. The summed E-state index contributed by atoms with van der Waals surface area (Å²) in [4.78, 5) is 23.1. The molecule has 2 N–H and O–H groups in total. The number of hydrogen-bond acceptors (Lipinski definition) is 9. The van der Waals surface area contributed by atoms with Crippen LogP contribution in [0.2, 0.25) is 0 Å². The normalized spacial score (nSPS) is 14.8. The highest BCUT2D eigenvalue weighted by Crippen LogP contribution is 2.43. The second kappa shape index (κ2) is 9.56. The van der Waals surface area contributed by atoms with E-state index >= 15 is 0 Å². The average Bonchev–Trinajstić information content (AvgIpc) is 2.87. The molecule has 0 amide bonds. The third-order valence-corrected chi connectivity index (χ3v) is 6.87. The first-order valence-electron chi connectivity index (χ1n) is 10.6. The van der Waals surface area contributed by atoms with E-state index in [2.05, 4.69) is 6.07 Å². The van der Waals surface area contributed by atoms with Crippen LogP contribution in [0.3, 0.4) is 0 Å². The molecule has 1 aliphatic rings. The average molecular weight is 505 g/mol. The van der Waals surface area contributed by atoms with Crippen molar-refractivity contribution in [2.24, 2.45) is 5.73 Å². The van der Waals surface area contributed by atoms with E-state index in [9.17, 15) is 23.3 Å². The van der Waals surface area contributed by atoms with Gasteiger partial charge in [0.1, 0.15) is 28.0 Å². The van der Waals surface area contributed by atoms with Crippen molar-refractivity contribution >= 4 is 21.9 Å². The molecule has 4 rings (SSSR count). The number of fused-ring (bicyclic) bond motifs is 1. The summed E-state index contributed by atoms with van der Waals surface area (Å²) in [5.41, 5.74) is 8.12. The standard InChI is InChI=1S/C26H20N2O7S/c1-15(29)16-7-10-20(11-8-16)36(31,32)35-19-9-12-21-23(13-19)34-25(28)22(14-27)24(21)17-3-5-18(6-4-17)26(30)33-2/h3-13,24H,28H2,1-2H3. The highest BCUT2D eigenvalue weighted by Gasteiger charge is 2.31. The molecule has 0 saturated carbocycles. The number of nitrogens with two attached hydrogens (primary N) is 1. The quantitative estimate of drug-likeness (QED) is 0.302. The Morgan fingerprint density at radius 3 is 2.22 bits per heavy atom. The van der Waals surface area contributed by atoms with Gasteiger partial charge in [-0.05, 0) is 42.8 Å². The van der Waals surface area contributed by atoms with Crippen LogP contribution in [0.4, 0.5) is 0 Å². The number of carbonyl (C=O) groups is 2. The highest BCUT2D eigenvalue weighted by molar-refractivity contribution is 7.87. The second-order valence-electron chi connectivity index (χ2n) is 7.86. The third-order valence-electron chi connectivity index (χ3n) is 5.61. The Labute approximate surface area is 207 Å². The summed E-state index contributed by atoms with van der Waals surface area (Å²) < 4.78 is 41.1.